The van der Waals surface area contributed by atoms with Gasteiger partial charge in [-0.3, -0.25) is 15.1 Å². The van der Waals surface area contributed by atoms with E-state index in [1.54, 1.807) is 18.2 Å². The minimum absolute atomic E-state index is 0.0305. The Morgan fingerprint density at radius 1 is 1.36 bits per heavy atom. The van der Waals surface area contributed by atoms with Gasteiger partial charge in [-0.2, -0.15) is 0 Å². The van der Waals surface area contributed by atoms with E-state index in [0.717, 1.165) is 17.1 Å². The van der Waals surface area contributed by atoms with Crippen molar-refractivity contribution >= 4 is 28.7 Å². The third kappa shape index (κ3) is 4.39. The van der Waals surface area contributed by atoms with Crippen molar-refractivity contribution in [3.05, 3.63) is 45.0 Å². The Bertz CT molecular complexity index is 768. The largest absolute Gasteiger partial charge is 0.334 e. The molecule has 0 saturated heterocycles. The van der Waals surface area contributed by atoms with Crippen LogP contribution in [-0.4, -0.2) is 26.9 Å². The Morgan fingerprint density at radius 2 is 2.12 bits per heavy atom. The van der Waals surface area contributed by atoms with Crippen molar-refractivity contribution in [2.24, 2.45) is 10.9 Å². The number of aromatic nitrogens is 2. The molecule has 132 valence electrons. The van der Waals surface area contributed by atoms with Crippen LogP contribution >= 0.6 is 11.5 Å². The molecule has 0 unspecified atom stereocenters. The van der Waals surface area contributed by atoms with Crippen LogP contribution in [0.3, 0.4) is 0 Å². The van der Waals surface area contributed by atoms with Gasteiger partial charge in [0.2, 0.25) is 0 Å². The van der Waals surface area contributed by atoms with Gasteiger partial charge in [-0.15, -0.1) is 5.10 Å². The molecule has 1 fully saturated rings. The van der Waals surface area contributed by atoms with E-state index in [2.05, 4.69) is 14.9 Å². The van der Waals surface area contributed by atoms with Gasteiger partial charge in [0.05, 0.1) is 10.6 Å². The molecule has 0 radical (unpaired) electrons. The number of hydrogen-bond acceptors (Lipinski definition) is 6. The molecule has 0 spiro atoms. The fraction of sp³-hybridized carbons (Fsp3) is 0.471. The first-order chi connectivity index (χ1) is 12.1. The van der Waals surface area contributed by atoms with E-state index in [1.807, 2.05) is 6.92 Å². The number of hydrogen-bond donors (Lipinski definition) is 1. The van der Waals surface area contributed by atoms with Crippen LogP contribution in [0, 0.1) is 23.0 Å². The number of aryl methyl sites for hydroxylation is 1. The van der Waals surface area contributed by atoms with Gasteiger partial charge in [-0.25, -0.2) is 0 Å². The van der Waals surface area contributed by atoms with Gasteiger partial charge in [0.1, 0.15) is 16.4 Å². The highest BCUT2D eigenvalue weighted by atomic mass is 32.1. The van der Waals surface area contributed by atoms with Gasteiger partial charge < -0.3 is 5.32 Å². The van der Waals surface area contributed by atoms with Gasteiger partial charge >= 0.3 is 0 Å². The maximum absolute atomic E-state index is 11.3. The second-order valence-electron chi connectivity index (χ2n) is 6.28. The van der Waals surface area contributed by atoms with Crippen LogP contribution in [0.4, 0.5) is 11.4 Å². The zero-order valence-electron chi connectivity index (χ0n) is 14.1. The summed E-state index contributed by atoms with van der Waals surface area (Å²) in [6.45, 7) is 2.59. The minimum atomic E-state index is -0.390. The van der Waals surface area contributed by atoms with E-state index in [9.17, 15) is 10.1 Å². The summed E-state index contributed by atoms with van der Waals surface area (Å²) in [6, 6.07) is 6.60. The van der Waals surface area contributed by atoms with Crippen molar-refractivity contribution in [1.82, 2.24) is 9.59 Å². The summed E-state index contributed by atoms with van der Waals surface area (Å²) in [4.78, 5) is 16.5. The van der Waals surface area contributed by atoms with Crippen molar-refractivity contribution in [2.75, 3.05) is 11.9 Å². The first kappa shape index (κ1) is 17.5. The molecule has 0 aliphatic heterocycles. The maximum Gasteiger partial charge on any atom is 0.292 e. The molecule has 1 aromatic heterocycles. The highest BCUT2D eigenvalue weighted by Gasteiger charge is 2.19. The predicted octanol–water partition coefficient (Wildman–Crippen LogP) is 4.19. The lowest BCUT2D eigenvalue weighted by Gasteiger charge is -2.20. The van der Waals surface area contributed by atoms with Crippen molar-refractivity contribution in [1.29, 1.82) is 0 Å². The zero-order valence-corrected chi connectivity index (χ0v) is 15.0. The van der Waals surface area contributed by atoms with Crippen molar-refractivity contribution in [3.63, 3.8) is 0 Å². The van der Waals surface area contributed by atoms with Crippen LogP contribution in [-0.2, 0) is 0 Å². The molecule has 1 aliphatic carbocycles. The van der Waals surface area contributed by atoms with Gasteiger partial charge in [0.15, 0.2) is 0 Å². The van der Waals surface area contributed by atoms with Crippen LogP contribution in [0.2, 0.25) is 0 Å². The van der Waals surface area contributed by atoms with Gasteiger partial charge in [-0.1, -0.05) is 35.9 Å². The highest BCUT2D eigenvalue weighted by molar-refractivity contribution is 7.08. The Hall–Kier alpha value is -2.35. The number of nitro groups is 1. The predicted molar refractivity (Wildman–Crippen MR) is 99.3 cm³/mol. The number of nitro benzene ring substituents is 1. The monoisotopic (exact) mass is 359 g/mol. The summed E-state index contributed by atoms with van der Waals surface area (Å²) in [6.07, 6.45) is 6.21. The number of aliphatic imine (C=N–C) groups is 1. The third-order valence-corrected chi connectivity index (χ3v) is 5.29. The van der Waals surface area contributed by atoms with Crippen molar-refractivity contribution in [3.8, 4) is 0 Å². The minimum Gasteiger partial charge on any atom is -0.334 e. The van der Waals surface area contributed by atoms with Crippen LogP contribution in [0.25, 0.3) is 0 Å². The topological polar surface area (TPSA) is 93.3 Å². The van der Waals surface area contributed by atoms with E-state index in [1.165, 1.54) is 49.7 Å². The third-order valence-electron chi connectivity index (χ3n) is 4.45. The Balaban J connectivity index is 1.87. The molecule has 0 atom stereocenters. The molecule has 0 amide bonds. The molecule has 25 heavy (non-hydrogen) atoms. The molecule has 0 bridgehead atoms. The molecule has 8 heteroatoms. The number of nitrogens with one attached hydrogen (secondary N) is 1. The number of benzene rings is 1. The van der Waals surface area contributed by atoms with Crippen molar-refractivity contribution < 1.29 is 4.92 Å². The van der Waals surface area contributed by atoms with Crippen molar-refractivity contribution in [2.45, 2.75) is 39.0 Å². The van der Waals surface area contributed by atoms with Gasteiger partial charge in [0, 0.05) is 12.6 Å². The molecule has 1 N–H and O–H groups in total. The van der Waals surface area contributed by atoms with Crippen LogP contribution in [0.15, 0.2) is 29.3 Å². The quantitative estimate of drug-likeness (QED) is 0.374. The van der Waals surface area contributed by atoms with Gasteiger partial charge in [-0.05, 0) is 43.3 Å². The van der Waals surface area contributed by atoms with E-state index < -0.39 is 4.92 Å². The molecule has 1 heterocycles. The number of nitrogens with zero attached hydrogens (tertiary/aromatic N) is 4. The number of anilines is 1. The average molecular weight is 359 g/mol. The normalized spacial score (nSPS) is 16.0. The standard InChI is InChI=1S/C17H21N5O2S/c1-12-16(25-21-20-12)17(18-11-13-7-3-2-4-8-13)19-14-9-5-6-10-15(14)22(23)24/h5-6,9-10,13H,2-4,7-8,11H2,1H3,(H,18,19). The summed E-state index contributed by atoms with van der Waals surface area (Å²) >= 11 is 1.25. The second kappa shape index (κ2) is 8.15. The molecular weight excluding hydrogens is 338 g/mol. The molecular formula is C17H21N5O2S. The van der Waals surface area contributed by atoms with Crippen LogP contribution in [0.5, 0.6) is 0 Å². The molecule has 1 aliphatic rings. The molecule has 7 nitrogen and oxygen atoms in total. The molecule has 3 rings (SSSR count). The van der Waals surface area contributed by atoms with E-state index in [-0.39, 0.29) is 5.69 Å². The highest BCUT2D eigenvalue weighted by Crippen LogP contribution is 2.26. The Labute approximate surface area is 150 Å². The summed E-state index contributed by atoms with van der Waals surface area (Å²) in [5, 5.41) is 18.5. The molecule has 1 aromatic carbocycles. The molecule has 1 saturated carbocycles. The van der Waals surface area contributed by atoms with Crippen LogP contribution in [0.1, 0.15) is 42.7 Å². The molecule has 2 aromatic rings. The van der Waals surface area contributed by atoms with Crippen LogP contribution < -0.4 is 5.32 Å². The summed E-state index contributed by atoms with van der Waals surface area (Å²) in [7, 11) is 0. The Morgan fingerprint density at radius 3 is 2.80 bits per heavy atom. The fourth-order valence-corrected chi connectivity index (χ4v) is 3.69. The average Bonchev–Trinajstić information content (AvgIpc) is 3.05. The number of amidine groups is 1. The van der Waals surface area contributed by atoms with E-state index in [4.69, 9.17) is 4.99 Å². The second-order valence-corrected chi connectivity index (χ2v) is 7.03. The maximum atomic E-state index is 11.3. The Kier molecular flexibility index (Phi) is 5.70. The zero-order chi connectivity index (χ0) is 17.6. The number of para-hydroxylation sites is 2. The summed E-state index contributed by atoms with van der Waals surface area (Å²) in [5.41, 5.74) is 1.24. The lowest BCUT2D eigenvalue weighted by molar-refractivity contribution is -0.383. The van der Waals surface area contributed by atoms with Gasteiger partial charge in [0.25, 0.3) is 5.69 Å². The summed E-state index contributed by atoms with van der Waals surface area (Å²) in [5.74, 6) is 1.20. The first-order valence-electron chi connectivity index (χ1n) is 8.49. The lowest BCUT2D eigenvalue weighted by Crippen LogP contribution is -2.18. The SMILES string of the molecule is Cc1nnsc1C(=NCC1CCCCC1)Nc1ccccc1[N+](=O)[O-]. The van der Waals surface area contributed by atoms with E-state index in [0.29, 0.717) is 17.4 Å². The summed E-state index contributed by atoms with van der Waals surface area (Å²) < 4.78 is 3.97. The van der Waals surface area contributed by atoms with E-state index >= 15 is 0 Å². The number of rotatable bonds is 5. The smallest absolute Gasteiger partial charge is 0.292 e. The lowest BCUT2D eigenvalue weighted by atomic mass is 9.89. The fourth-order valence-electron chi connectivity index (χ4n) is 3.07. The first-order valence-corrected chi connectivity index (χ1v) is 9.26.